The molecule has 0 bridgehead atoms. The van der Waals surface area contributed by atoms with E-state index in [4.69, 9.17) is 5.11 Å². The zero-order valence-corrected chi connectivity index (χ0v) is 13.3. The molecule has 1 aromatic heterocycles. The molecular weight excluding hydrogens is 366 g/mol. The highest BCUT2D eigenvalue weighted by Crippen LogP contribution is 2.20. The molecule has 0 atom stereocenters. The molecule has 2 rings (SSSR count). The monoisotopic (exact) mass is 375 g/mol. The molecule has 106 valence electrons. The van der Waals surface area contributed by atoms with Crippen LogP contribution < -0.4 is 4.72 Å². The molecule has 1 heterocycles. The molecule has 0 amide bonds. The predicted molar refractivity (Wildman–Crippen MR) is 79.4 cm³/mol. The number of carbonyl (C=O) groups is 1. The zero-order valence-electron chi connectivity index (χ0n) is 10.0. The highest BCUT2D eigenvalue weighted by atomic mass is 79.9. The lowest BCUT2D eigenvalue weighted by molar-refractivity contribution is 0.0696. The first-order chi connectivity index (χ1) is 9.38. The van der Waals surface area contributed by atoms with E-state index in [1.807, 2.05) is 11.4 Å². The maximum absolute atomic E-state index is 12.0. The topological polar surface area (TPSA) is 83.5 Å². The first-order valence-corrected chi connectivity index (χ1v) is 8.60. The van der Waals surface area contributed by atoms with E-state index in [-0.39, 0.29) is 17.0 Å². The predicted octanol–water partition coefficient (Wildman–Crippen LogP) is 2.69. The van der Waals surface area contributed by atoms with Crippen LogP contribution in [0.3, 0.4) is 0 Å². The average Bonchev–Trinajstić information content (AvgIpc) is 2.82. The van der Waals surface area contributed by atoms with Crippen molar-refractivity contribution in [2.24, 2.45) is 0 Å². The number of sulfonamides is 1. The Hall–Kier alpha value is -1.22. The van der Waals surface area contributed by atoms with Gasteiger partial charge in [-0.25, -0.2) is 17.9 Å². The molecule has 0 saturated heterocycles. The van der Waals surface area contributed by atoms with Crippen molar-refractivity contribution in [1.29, 1.82) is 0 Å². The second kappa shape index (κ2) is 6.04. The lowest BCUT2D eigenvalue weighted by Gasteiger charge is -2.05. The van der Waals surface area contributed by atoms with E-state index in [2.05, 4.69) is 20.7 Å². The van der Waals surface area contributed by atoms with Gasteiger partial charge in [-0.3, -0.25) is 0 Å². The van der Waals surface area contributed by atoms with Gasteiger partial charge < -0.3 is 5.11 Å². The van der Waals surface area contributed by atoms with Crippen molar-refractivity contribution in [1.82, 2.24) is 4.72 Å². The van der Waals surface area contributed by atoms with Crippen molar-refractivity contribution in [3.05, 3.63) is 50.6 Å². The number of rotatable bonds is 5. The van der Waals surface area contributed by atoms with Crippen LogP contribution in [-0.4, -0.2) is 19.5 Å². The van der Waals surface area contributed by atoms with E-state index in [1.165, 1.54) is 35.6 Å². The molecule has 20 heavy (non-hydrogen) atoms. The molecule has 0 unspecified atom stereocenters. The summed E-state index contributed by atoms with van der Waals surface area (Å²) in [5.74, 6) is -1.09. The van der Waals surface area contributed by atoms with Gasteiger partial charge in [-0.05, 0) is 46.3 Å². The average molecular weight is 376 g/mol. The molecule has 5 nitrogen and oxygen atoms in total. The van der Waals surface area contributed by atoms with Crippen LogP contribution in [0.1, 0.15) is 15.2 Å². The molecule has 0 aliphatic rings. The Morgan fingerprint density at radius 1 is 1.30 bits per heavy atom. The van der Waals surface area contributed by atoms with Crippen molar-refractivity contribution in [3.8, 4) is 0 Å². The molecule has 2 N–H and O–H groups in total. The number of thiophene rings is 1. The number of carboxylic acid groups (broad SMARTS) is 1. The number of benzene rings is 1. The van der Waals surface area contributed by atoms with E-state index in [1.54, 1.807) is 0 Å². The number of hydrogen-bond donors (Lipinski definition) is 2. The number of hydrogen-bond acceptors (Lipinski definition) is 4. The summed E-state index contributed by atoms with van der Waals surface area (Å²) in [4.78, 5) is 11.6. The summed E-state index contributed by atoms with van der Waals surface area (Å²) < 4.78 is 27.4. The number of halogens is 1. The SMILES string of the molecule is O=C(O)c1ccc(S(=O)(=O)NCc2cc(Br)cs2)cc1. The van der Waals surface area contributed by atoms with Gasteiger partial charge in [0.1, 0.15) is 0 Å². The maximum atomic E-state index is 12.0. The molecule has 0 aliphatic carbocycles. The summed E-state index contributed by atoms with van der Waals surface area (Å²) in [7, 11) is -3.64. The van der Waals surface area contributed by atoms with E-state index >= 15 is 0 Å². The number of carboxylic acids is 1. The molecule has 0 saturated carbocycles. The summed E-state index contributed by atoms with van der Waals surface area (Å²) in [6.07, 6.45) is 0. The largest absolute Gasteiger partial charge is 0.478 e. The third kappa shape index (κ3) is 3.66. The fourth-order valence-corrected chi connectivity index (χ4v) is 3.96. The normalized spacial score (nSPS) is 11.4. The Balaban J connectivity index is 2.11. The minimum atomic E-state index is -3.64. The van der Waals surface area contributed by atoms with Gasteiger partial charge in [-0.15, -0.1) is 11.3 Å². The second-order valence-corrected chi connectivity index (χ2v) is 7.56. The van der Waals surface area contributed by atoms with Crippen LogP contribution in [0.25, 0.3) is 0 Å². The van der Waals surface area contributed by atoms with E-state index in [0.29, 0.717) is 0 Å². The summed E-state index contributed by atoms with van der Waals surface area (Å²) in [5, 5.41) is 10.6. The van der Waals surface area contributed by atoms with Crippen molar-refractivity contribution in [2.45, 2.75) is 11.4 Å². The number of aromatic carboxylic acids is 1. The molecule has 0 fully saturated rings. The van der Waals surface area contributed by atoms with Crippen LogP contribution in [0, 0.1) is 0 Å². The molecule has 0 spiro atoms. The van der Waals surface area contributed by atoms with E-state index in [9.17, 15) is 13.2 Å². The summed E-state index contributed by atoms with van der Waals surface area (Å²) in [6, 6.07) is 6.91. The van der Waals surface area contributed by atoms with Gasteiger partial charge >= 0.3 is 5.97 Å². The third-order valence-corrected chi connectivity index (χ3v) is 5.58. The van der Waals surface area contributed by atoms with Gasteiger partial charge in [0, 0.05) is 21.3 Å². The van der Waals surface area contributed by atoms with E-state index < -0.39 is 16.0 Å². The highest BCUT2D eigenvalue weighted by Gasteiger charge is 2.14. The van der Waals surface area contributed by atoms with Crippen molar-refractivity contribution >= 4 is 43.3 Å². The Bertz CT molecular complexity index is 722. The molecule has 0 radical (unpaired) electrons. The van der Waals surface area contributed by atoms with Crippen LogP contribution in [0.5, 0.6) is 0 Å². The molecule has 2 aromatic rings. The molecule has 8 heteroatoms. The molecular formula is C12H10BrNO4S2. The Labute approximate surface area is 128 Å². The fraction of sp³-hybridized carbons (Fsp3) is 0.0833. The smallest absolute Gasteiger partial charge is 0.335 e. The lowest BCUT2D eigenvalue weighted by Crippen LogP contribution is -2.22. The summed E-state index contributed by atoms with van der Waals surface area (Å²) in [5.41, 5.74) is 0.0473. The maximum Gasteiger partial charge on any atom is 0.335 e. The summed E-state index contributed by atoms with van der Waals surface area (Å²) in [6.45, 7) is 0.194. The van der Waals surface area contributed by atoms with Crippen LogP contribution in [0.4, 0.5) is 0 Å². The fourth-order valence-electron chi connectivity index (χ4n) is 1.47. The van der Waals surface area contributed by atoms with Gasteiger partial charge in [0.25, 0.3) is 0 Å². The van der Waals surface area contributed by atoms with Crippen LogP contribution in [0.15, 0.2) is 45.1 Å². The standard InChI is InChI=1S/C12H10BrNO4S2/c13-9-5-10(19-7-9)6-14-20(17,18)11-3-1-8(2-4-11)12(15)16/h1-5,7,14H,6H2,(H,15,16). The van der Waals surface area contributed by atoms with Crippen molar-refractivity contribution < 1.29 is 18.3 Å². The quantitative estimate of drug-likeness (QED) is 0.841. The van der Waals surface area contributed by atoms with Gasteiger partial charge in [-0.1, -0.05) is 0 Å². The zero-order chi connectivity index (χ0) is 14.8. The van der Waals surface area contributed by atoms with Gasteiger partial charge in [0.05, 0.1) is 10.5 Å². The van der Waals surface area contributed by atoms with Crippen LogP contribution in [0.2, 0.25) is 0 Å². The highest BCUT2D eigenvalue weighted by molar-refractivity contribution is 9.10. The van der Waals surface area contributed by atoms with Gasteiger partial charge in [-0.2, -0.15) is 0 Å². The van der Waals surface area contributed by atoms with Crippen LogP contribution in [-0.2, 0) is 16.6 Å². The van der Waals surface area contributed by atoms with Gasteiger partial charge in [0.2, 0.25) is 10.0 Å². The molecule has 0 aliphatic heterocycles. The first kappa shape index (κ1) is 15.2. The van der Waals surface area contributed by atoms with Crippen molar-refractivity contribution in [2.75, 3.05) is 0 Å². The Kier molecular flexibility index (Phi) is 4.59. The van der Waals surface area contributed by atoms with E-state index in [0.717, 1.165) is 9.35 Å². The first-order valence-electron chi connectivity index (χ1n) is 5.44. The van der Waals surface area contributed by atoms with Crippen LogP contribution >= 0.6 is 27.3 Å². The number of nitrogens with one attached hydrogen (secondary N) is 1. The third-order valence-electron chi connectivity index (χ3n) is 2.47. The van der Waals surface area contributed by atoms with Gasteiger partial charge in [0.15, 0.2) is 0 Å². The summed E-state index contributed by atoms with van der Waals surface area (Å²) >= 11 is 4.74. The molecule has 1 aromatic carbocycles. The second-order valence-electron chi connectivity index (χ2n) is 3.89. The Morgan fingerprint density at radius 2 is 1.95 bits per heavy atom. The Morgan fingerprint density at radius 3 is 2.45 bits per heavy atom. The minimum Gasteiger partial charge on any atom is -0.478 e. The minimum absolute atomic E-state index is 0.0399. The van der Waals surface area contributed by atoms with Crippen molar-refractivity contribution in [3.63, 3.8) is 0 Å². The lowest BCUT2D eigenvalue weighted by atomic mass is 10.2.